The molecule has 5 unspecified atom stereocenters. The molecule has 1 aliphatic carbocycles. The van der Waals surface area contributed by atoms with Crippen molar-refractivity contribution in [2.75, 3.05) is 13.2 Å². The highest BCUT2D eigenvalue weighted by Crippen LogP contribution is 2.49. The van der Waals surface area contributed by atoms with E-state index in [1.54, 1.807) is 6.08 Å². The fraction of sp³-hybridized carbons (Fsp3) is 0.745. The summed E-state index contributed by atoms with van der Waals surface area (Å²) in [4.78, 5) is 54.2. The van der Waals surface area contributed by atoms with Gasteiger partial charge in [0.05, 0.1) is 12.7 Å². The van der Waals surface area contributed by atoms with Gasteiger partial charge in [-0.3, -0.25) is 23.2 Å². The van der Waals surface area contributed by atoms with E-state index in [9.17, 15) is 58.9 Å². The van der Waals surface area contributed by atoms with Gasteiger partial charge in [0.25, 0.3) is 0 Å². The summed E-state index contributed by atoms with van der Waals surface area (Å²) in [7, 11) is -10.7. The van der Waals surface area contributed by atoms with E-state index >= 15 is 0 Å². The lowest BCUT2D eigenvalue weighted by Crippen LogP contribution is -2.64. The third-order valence-corrected chi connectivity index (χ3v) is 12.2. The maximum atomic E-state index is 13.0. The van der Waals surface area contributed by atoms with Gasteiger partial charge in [-0.05, 0) is 64.2 Å². The second kappa shape index (κ2) is 37.5. The largest absolute Gasteiger partial charge is 0.472 e. The Morgan fingerprint density at radius 3 is 1.71 bits per heavy atom. The highest BCUT2D eigenvalue weighted by Gasteiger charge is 2.54. The van der Waals surface area contributed by atoms with Crippen LogP contribution in [0, 0.1) is 0 Å². The van der Waals surface area contributed by atoms with Crippen LogP contribution in [0.25, 0.3) is 0 Å². The summed E-state index contributed by atoms with van der Waals surface area (Å²) in [5.74, 6) is -1.31. The molecule has 1 saturated carbocycles. The average molecular weight is 981 g/mol. The van der Waals surface area contributed by atoms with Crippen LogP contribution in [0.4, 0.5) is 0 Å². The van der Waals surface area contributed by atoms with Crippen LogP contribution in [0.15, 0.2) is 60.8 Å². The van der Waals surface area contributed by atoms with E-state index in [0.29, 0.717) is 25.7 Å². The van der Waals surface area contributed by atoms with Gasteiger partial charge in [0, 0.05) is 12.8 Å². The molecule has 0 aromatic rings. The third kappa shape index (κ3) is 31.7. The molecule has 382 valence electrons. The van der Waals surface area contributed by atoms with Crippen LogP contribution in [-0.4, -0.2) is 114 Å². The van der Waals surface area contributed by atoms with Crippen LogP contribution in [0.1, 0.15) is 162 Å². The average Bonchev–Trinajstić information content (AvgIpc) is 3.26. The van der Waals surface area contributed by atoms with E-state index in [2.05, 4.69) is 30.5 Å². The lowest BCUT2D eigenvalue weighted by atomic mass is 9.85. The molecule has 0 saturated heterocycles. The minimum Gasteiger partial charge on any atom is -0.462 e. The van der Waals surface area contributed by atoms with Crippen molar-refractivity contribution in [2.24, 2.45) is 0 Å². The molecule has 0 spiro atoms. The summed E-state index contributed by atoms with van der Waals surface area (Å²) >= 11 is 0. The Hall–Kier alpha value is -2.34. The van der Waals surface area contributed by atoms with Crippen molar-refractivity contribution < 1.29 is 82.0 Å². The maximum Gasteiger partial charge on any atom is 0.472 e. The van der Waals surface area contributed by atoms with Gasteiger partial charge < -0.3 is 49.7 Å². The van der Waals surface area contributed by atoms with Gasteiger partial charge in [0.15, 0.2) is 6.10 Å². The molecule has 19 heteroatoms. The molecule has 0 aromatic carbocycles. The SMILES string of the molecule is CCCCCCCC/C=C\CCCCCCCC(=O)OC[C@H](COP(=O)(O)O[C@H]1C(O)C(O)C(O)[C@@H](OP(=O)(O)O)C1O)OC(=O)CCC/C=C\C/C=C\C/C=C\C=C\[C@@H](O)CCCCC. The zero-order chi connectivity index (χ0) is 49.1. The Labute approximate surface area is 392 Å². The summed E-state index contributed by atoms with van der Waals surface area (Å²) < 4.78 is 49.3. The first-order valence-corrected chi connectivity index (χ1v) is 27.0. The van der Waals surface area contributed by atoms with Crippen molar-refractivity contribution in [3.05, 3.63) is 60.8 Å². The van der Waals surface area contributed by atoms with Crippen molar-refractivity contribution >= 4 is 27.6 Å². The topological polar surface area (TPSA) is 276 Å². The predicted molar refractivity (Wildman–Crippen MR) is 252 cm³/mol. The lowest BCUT2D eigenvalue weighted by Gasteiger charge is -2.43. The minimum atomic E-state index is -5.38. The highest BCUT2D eigenvalue weighted by atomic mass is 31.2. The Morgan fingerprint density at radius 2 is 1.08 bits per heavy atom. The van der Waals surface area contributed by atoms with Crippen LogP contribution in [-0.2, 0) is 41.8 Å². The van der Waals surface area contributed by atoms with Gasteiger partial charge in [0.1, 0.15) is 43.2 Å². The number of hydrogen-bond acceptors (Lipinski definition) is 14. The standard InChI is InChI=1S/C47H82O17P2/c1-3-5-7-8-9-10-11-12-13-14-17-20-23-26-30-34-40(49)60-36-39(37-61-66(58,59)64-47-44(53)42(51)43(52)46(45(47)54)63-65(55,56)57)62-41(50)35-31-27-24-21-18-15-16-19-22-25-29-33-38(48)32-28-6-4-2/h12-13,15-16,21-22,24-25,29,33,38-39,42-48,51-54H,3-11,14,17-20,23,26-28,30-32,34-37H2,1-2H3,(H,58,59)(H2,55,56,57)/b13-12-,16-15-,24-21-,25-22-,33-29+/t38-,39+,42?,43?,44?,45?,46+,47-/m0/s1. The molecule has 8 N–H and O–H groups in total. The summed E-state index contributed by atoms with van der Waals surface area (Å²) in [5.41, 5.74) is 0. The minimum absolute atomic E-state index is 0.0555. The number of esters is 2. The van der Waals surface area contributed by atoms with Crippen molar-refractivity contribution in [2.45, 2.75) is 210 Å². The second-order valence-electron chi connectivity index (χ2n) is 16.7. The van der Waals surface area contributed by atoms with Gasteiger partial charge in [-0.2, -0.15) is 0 Å². The molecule has 0 amide bonds. The van der Waals surface area contributed by atoms with Gasteiger partial charge >= 0.3 is 27.6 Å². The Bertz CT molecular complexity index is 1530. The molecule has 66 heavy (non-hydrogen) atoms. The molecule has 9 atom stereocenters. The van der Waals surface area contributed by atoms with Crippen molar-refractivity contribution in [3.8, 4) is 0 Å². The Kier molecular flexibility index (Phi) is 35.1. The summed E-state index contributed by atoms with van der Waals surface area (Å²) in [6.45, 7) is 2.92. The summed E-state index contributed by atoms with van der Waals surface area (Å²) in [6, 6.07) is 0. The monoisotopic (exact) mass is 981 g/mol. The van der Waals surface area contributed by atoms with Gasteiger partial charge in [0.2, 0.25) is 0 Å². The normalized spacial score (nSPS) is 22.5. The molecular weight excluding hydrogens is 898 g/mol. The van der Waals surface area contributed by atoms with E-state index in [-0.39, 0.29) is 12.8 Å². The Balaban J connectivity index is 2.66. The molecule has 0 heterocycles. The first kappa shape index (κ1) is 61.7. The molecule has 1 fully saturated rings. The molecule has 0 bridgehead atoms. The first-order chi connectivity index (χ1) is 31.5. The van der Waals surface area contributed by atoms with Crippen LogP contribution in [0.5, 0.6) is 0 Å². The number of hydrogen-bond donors (Lipinski definition) is 8. The maximum absolute atomic E-state index is 13.0. The molecule has 0 aliphatic heterocycles. The third-order valence-electron chi connectivity index (χ3n) is 10.7. The van der Waals surface area contributed by atoms with Crippen molar-refractivity contribution in [1.82, 2.24) is 0 Å². The van der Waals surface area contributed by atoms with Crippen molar-refractivity contribution in [3.63, 3.8) is 0 Å². The predicted octanol–water partition coefficient (Wildman–Crippen LogP) is 8.03. The number of aliphatic hydroxyl groups excluding tert-OH is 5. The molecule has 1 aliphatic rings. The van der Waals surface area contributed by atoms with E-state index in [4.69, 9.17) is 18.5 Å². The smallest absolute Gasteiger partial charge is 0.462 e. The molecule has 17 nitrogen and oxygen atoms in total. The van der Waals surface area contributed by atoms with E-state index < -0.39 is 89.6 Å². The number of carbonyl (C=O) groups excluding carboxylic acids is 2. The summed E-state index contributed by atoms with van der Waals surface area (Å²) in [6.07, 6.45) is 25.1. The second-order valence-corrected chi connectivity index (χ2v) is 19.3. The van der Waals surface area contributed by atoms with Gasteiger partial charge in [-0.25, -0.2) is 9.13 Å². The number of phosphoric acid groups is 2. The molecule has 0 aromatic heterocycles. The fourth-order valence-corrected chi connectivity index (χ4v) is 8.43. The highest BCUT2D eigenvalue weighted by molar-refractivity contribution is 7.47. The first-order valence-electron chi connectivity index (χ1n) is 23.9. The molecule has 1 rings (SSSR count). The number of aliphatic hydroxyl groups is 5. The zero-order valence-corrected chi connectivity index (χ0v) is 41.0. The fourth-order valence-electron chi connectivity index (χ4n) is 6.89. The molecular formula is C47H82O17P2. The van der Waals surface area contributed by atoms with E-state index in [1.165, 1.54) is 38.5 Å². The van der Waals surface area contributed by atoms with Crippen LogP contribution < -0.4 is 0 Å². The number of rotatable bonds is 39. The van der Waals surface area contributed by atoms with E-state index in [1.807, 2.05) is 42.5 Å². The molecule has 0 radical (unpaired) electrons. The van der Waals surface area contributed by atoms with Crippen molar-refractivity contribution in [1.29, 1.82) is 0 Å². The number of phosphoric ester groups is 2. The van der Waals surface area contributed by atoms with Crippen LogP contribution in [0.3, 0.4) is 0 Å². The van der Waals surface area contributed by atoms with Crippen LogP contribution >= 0.6 is 15.6 Å². The van der Waals surface area contributed by atoms with Gasteiger partial charge in [-0.1, -0.05) is 145 Å². The lowest BCUT2D eigenvalue weighted by molar-refractivity contribution is -0.216. The summed E-state index contributed by atoms with van der Waals surface area (Å²) in [5, 5.41) is 51.1. The van der Waals surface area contributed by atoms with Crippen LogP contribution in [0.2, 0.25) is 0 Å². The quantitative estimate of drug-likeness (QED) is 0.00951. The number of unbranched alkanes of at least 4 members (excludes halogenated alkanes) is 14. The number of ether oxygens (including phenoxy) is 2. The van der Waals surface area contributed by atoms with E-state index in [0.717, 1.165) is 70.6 Å². The number of allylic oxidation sites excluding steroid dienone is 9. The zero-order valence-electron chi connectivity index (χ0n) is 39.2. The van der Waals surface area contributed by atoms with Gasteiger partial charge in [-0.15, -0.1) is 0 Å². The number of carbonyl (C=O) groups is 2. The Morgan fingerprint density at radius 1 is 0.561 bits per heavy atom.